The molecule has 0 aliphatic carbocycles. The largest absolute Gasteiger partial charge is 0.465 e. The quantitative estimate of drug-likeness (QED) is 0.640. The SMILES string of the molecule is CCOC(=O)CN(CC)CC(=O)NC1(C)CCS(=O)(=O)C1. The highest BCUT2D eigenvalue weighted by Crippen LogP contribution is 2.22. The number of likely N-dealkylation sites (N-methyl/N-ethyl adjacent to an activating group) is 1. The molecule has 0 bridgehead atoms. The van der Waals surface area contributed by atoms with Crippen LogP contribution in [0.1, 0.15) is 27.2 Å². The molecule has 1 fully saturated rings. The summed E-state index contributed by atoms with van der Waals surface area (Å²) in [4.78, 5) is 25.1. The Bertz CT molecular complexity index is 491. The molecule has 1 heterocycles. The van der Waals surface area contributed by atoms with E-state index in [-0.39, 0.29) is 36.5 Å². The summed E-state index contributed by atoms with van der Waals surface area (Å²) < 4.78 is 27.8. The Kier molecular flexibility index (Phi) is 6.15. The van der Waals surface area contributed by atoms with Crippen LogP contribution in [-0.4, -0.2) is 68.5 Å². The lowest BCUT2D eigenvalue weighted by Crippen LogP contribution is -2.50. The second kappa shape index (κ2) is 7.22. The van der Waals surface area contributed by atoms with Crippen LogP contribution < -0.4 is 5.32 Å². The first kappa shape index (κ1) is 17.9. The van der Waals surface area contributed by atoms with Crippen LogP contribution in [0.2, 0.25) is 0 Å². The van der Waals surface area contributed by atoms with Crippen LogP contribution in [0, 0.1) is 0 Å². The number of carbonyl (C=O) groups is 2. The zero-order valence-electron chi connectivity index (χ0n) is 12.8. The van der Waals surface area contributed by atoms with Gasteiger partial charge in [0.15, 0.2) is 9.84 Å². The third kappa shape index (κ3) is 6.01. The van der Waals surface area contributed by atoms with Crippen molar-refractivity contribution in [3.63, 3.8) is 0 Å². The van der Waals surface area contributed by atoms with Crippen LogP contribution in [0.15, 0.2) is 0 Å². The van der Waals surface area contributed by atoms with Crippen LogP contribution in [0.4, 0.5) is 0 Å². The average molecular weight is 320 g/mol. The van der Waals surface area contributed by atoms with E-state index in [0.29, 0.717) is 19.6 Å². The molecule has 0 aromatic heterocycles. The number of nitrogens with one attached hydrogen (secondary N) is 1. The number of nitrogens with zero attached hydrogens (tertiary/aromatic N) is 1. The van der Waals surface area contributed by atoms with Gasteiger partial charge in [-0.15, -0.1) is 0 Å². The summed E-state index contributed by atoms with van der Waals surface area (Å²) in [5.41, 5.74) is -0.709. The van der Waals surface area contributed by atoms with Crippen LogP contribution in [0.3, 0.4) is 0 Å². The molecule has 7 nitrogen and oxygen atoms in total. The van der Waals surface area contributed by atoms with E-state index in [9.17, 15) is 18.0 Å². The number of hydrogen-bond acceptors (Lipinski definition) is 6. The third-order valence-corrected chi connectivity index (χ3v) is 5.32. The minimum absolute atomic E-state index is 0.0320. The van der Waals surface area contributed by atoms with E-state index in [4.69, 9.17) is 4.74 Å². The molecule has 1 saturated heterocycles. The van der Waals surface area contributed by atoms with E-state index >= 15 is 0 Å². The second-order valence-electron chi connectivity index (χ2n) is 5.56. The fourth-order valence-electron chi connectivity index (χ4n) is 2.36. The molecule has 1 aliphatic heterocycles. The highest BCUT2D eigenvalue weighted by Gasteiger charge is 2.39. The molecule has 1 aliphatic rings. The molecule has 0 spiro atoms. The Morgan fingerprint density at radius 2 is 1.95 bits per heavy atom. The lowest BCUT2D eigenvalue weighted by atomic mass is 10.0. The number of rotatable bonds is 7. The van der Waals surface area contributed by atoms with Crippen molar-refractivity contribution in [1.29, 1.82) is 0 Å². The van der Waals surface area contributed by atoms with Crippen molar-refractivity contribution in [1.82, 2.24) is 10.2 Å². The van der Waals surface area contributed by atoms with Crippen LogP contribution in [0.25, 0.3) is 0 Å². The topological polar surface area (TPSA) is 92.8 Å². The van der Waals surface area contributed by atoms with E-state index in [2.05, 4.69) is 5.32 Å². The summed E-state index contributed by atoms with van der Waals surface area (Å²) in [5, 5.41) is 2.77. The summed E-state index contributed by atoms with van der Waals surface area (Å²) in [6, 6.07) is 0. The number of esters is 1. The van der Waals surface area contributed by atoms with Crippen LogP contribution in [0.5, 0.6) is 0 Å². The van der Waals surface area contributed by atoms with Gasteiger partial charge in [-0.3, -0.25) is 14.5 Å². The normalized spacial score (nSPS) is 24.0. The molecule has 8 heteroatoms. The third-order valence-electron chi connectivity index (χ3n) is 3.42. The zero-order valence-corrected chi connectivity index (χ0v) is 13.7. The van der Waals surface area contributed by atoms with Gasteiger partial charge in [0.25, 0.3) is 0 Å². The van der Waals surface area contributed by atoms with Gasteiger partial charge >= 0.3 is 5.97 Å². The predicted molar refractivity (Wildman–Crippen MR) is 78.6 cm³/mol. The molecule has 1 amide bonds. The number of hydrogen-bond donors (Lipinski definition) is 1. The van der Waals surface area contributed by atoms with E-state index in [1.807, 2.05) is 6.92 Å². The molecule has 1 rings (SSSR count). The van der Waals surface area contributed by atoms with Crippen molar-refractivity contribution in [3.8, 4) is 0 Å². The number of amides is 1. The fourth-order valence-corrected chi connectivity index (χ4v) is 4.45. The van der Waals surface area contributed by atoms with Gasteiger partial charge < -0.3 is 10.1 Å². The summed E-state index contributed by atoms with van der Waals surface area (Å²) in [5.74, 6) is -0.581. The molecule has 0 saturated carbocycles. The maximum absolute atomic E-state index is 12.0. The van der Waals surface area contributed by atoms with Crippen LogP contribution in [-0.2, 0) is 24.2 Å². The van der Waals surface area contributed by atoms with Gasteiger partial charge in [-0.05, 0) is 26.8 Å². The highest BCUT2D eigenvalue weighted by atomic mass is 32.2. The van der Waals surface area contributed by atoms with Crippen molar-refractivity contribution in [3.05, 3.63) is 0 Å². The molecule has 1 unspecified atom stereocenters. The molecule has 0 aromatic rings. The lowest BCUT2D eigenvalue weighted by Gasteiger charge is -2.26. The Balaban J connectivity index is 2.50. The maximum atomic E-state index is 12.0. The van der Waals surface area contributed by atoms with Gasteiger partial charge in [-0.1, -0.05) is 6.92 Å². The van der Waals surface area contributed by atoms with Crippen molar-refractivity contribution < 1.29 is 22.7 Å². The van der Waals surface area contributed by atoms with Crippen molar-refractivity contribution in [2.75, 3.05) is 37.7 Å². The van der Waals surface area contributed by atoms with Gasteiger partial charge in [-0.25, -0.2) is 8.42 Å². The fraction of sp³-hybridized carbons (Fsp3) is 0.846. The predicted octanol–water partition coefficient (Wildman–Crippen LogP) is -0.435. The monoisotopic (exact) mass is 320 g/mol. The summed E-state index contributed by atoms with van der Waals surface area (Å²) in [6.45, 7) is 6.23. The molecule has 21 heavy (non-hydrogen) atoms. The average Bonchev–Trinajstić information content (AvgIpc) is 2.62. The van der Waals surface area contributed by atoms with Crippen molar-refractivity contribution in [2.24, 2.45) is 0 Å². The van der Waals surface area contributed by atoms with Gasteiger partial charge in [0, 0.05) is 0 Å². The first-order valence-electron chi connectivity index (χ1n) is 7.09. The van der Waals surface area contributed by atoms with E-state index in [1.165, 1.54) is 0 Å². The Morgan fingerprint density at radius 3 is 2.43 bits per heavy atom. The summed E-state index contributed by atoms with van der Waals surface area (Å²) in [6.07, 6.45) is 0.422. The highest BCUT2D eigenvalue weighted by molar-refractivity contribution is 7.91. The molecule has 1 atom stereocenters. The molecular weight excluding hydrogens is 296 g/mol. The van der Waals surface area contributed by atoms with Gasteiger partial charge in [0.05, 0.1) is 36.7 Å². The van der Waals surface area contributed by atoms with Gasteiger partial charge in [0.2, 0.25) is 5.91 Å². The first-order chi connectivity index (χ1) is 9.69. The minimum Gasteiger partial charge on any atom is -0.465 e. The maximum Gasteiger partial charge on any atom is 0.320 e. The summed E-state index contributed by atoms with van der Waals surface area (Å²) >= 11 is 0. The number of ether oxygens (including phenoxy) is 1. The van der Waals surface area contributed by atoms with Gasteiger partial charge in [0.1, 0.15) is 0 Å². The molecule has 0 aromatic carbocycles. The molecule has 122 valence electrons. The van der Waals surface area contributed by atoms with E-state index in [0.717, 1.165) is 0 Å². The molecule has 0 radical (unpaired) electrons. The summed E-state index contributed by atoms with van der Waals surface area (Å²) in [7, 11) is -3.06. The van der Waals surface area contributed by atoms with Crippen LogP contribution >= 0.6 is 0 Å². The lowest BCUT2D eigenvalue weighted by molar-refractivity contribution is -0.144. The Morgan fingerprint density at radius 1 is 1.29 bits per heavy atom. The Hall–Kier alpha value is -1.15. The van der Waals surface area contributed by atoms with Crippen molar-refractivity contribution >= 4 is 21.7 Å². The van der Waals surface area contributed by atoms with Crippen molar-refractivity contribution in [2.45, 2.75) is 32.7 Å². The minimum atomic E-state index is -3.06. The zero-order chi connectivity index (χ0) is 16.1. The standard InChI is InChI=1S/C13H24N2O5S/c1-4-15(9-12(17)20-5-2)8-11(16)14-13(3)6-7-21(18,19)10-13/h4-10H2,1-3H3,(H,14,16). The van der Waals surface area contributed by atoms with E-state index < -0.39 is 15.4 Å². The molecular formula is C13H24N2O5S. The van der Waals surface area contributed by atoms with Gasteiger partial charge in [-0.2, -0.15) is 0 Å². The van der Waals surface area contributed by atoms with E-state index in [1.54, 1.807) is 18.7 Å². The Labute approximate surface area is 125 Å². The number of sulfone groups is 1. The smallest absolute Gasteiger partial charge is 0.320 e. The second-order valence-corrected chi connectivity index (χ2v) is 7.74. The number of carbonyl (C=O) groups excluding carboxylic acids is 2. The molecule has 1 N–H and O–H groups in total. The first-order valence-corrected chi connectivity index (χ1v) is 8.91.